The molecule has 0 heterocycles. The van der Waals surface area contributed by atoms with Crippen molar-refractivity contribution in [3.63, 3.8) is 0 Å². The Kier molecular flexibility index (Phi) is 7.34. The van der Waals surface area contributed by atoms with Crippen molar-refractivity contribution < 1.29 is 9.84 Å². The minimum Gasteiger partial charge on any atom is -0.396 e. The molecule has 17 heavy (non-hydrogen) atoms. The second-order valence-electron chi connectivity index (χ2n) is 6.58. The summed E-state index contributed by atoms with van der Waals surface area (Å²) in [5, 5.41) is 9.09. The van der Waals surface area contributed by atoms with Crippen molar-refractivity contribution in [1.82, 2.24) is 0 Å². The average molecular weight is 244 g/mol. The van der Waals surface area contributed by atoms with E-state index in [2.05, 4.69) is 41.5 Å². The highest BCUT2D eigenvalue weighted by Crippen LogP contribution is 2.29. The Bertz CT molecular complexity index is 188. The van der Waals surface area contributed by atoms with Crippen LogP contribution >= 0.6 is 0 Å². The van der Waals surface area contributed by atoms with Gasteiger partial charge in [0.2, 0.25) is 0 Å². The van der Waals surface area contributed by atoms with Gasteiger partial charge >= 0.3 is 0 Å². The van der Waals surface area contributed by atoms with Crippen LogP contribution in [0.1, 0.15) is 67.2 Å². The van der Waals surface area contributed by atoms with Gasteiger partial charge in [0, 0.05) is 13.2 Å². The minimum atomic E-state index is -0.138. The molecule has 1 N–H and O–H groups in total. The highest BCUT2D eigenvalue weighted by atomic mass is 16.5. The lowest BCUT2D eigenvalue weighted by atomic mass is 9.80. The van der Waals surface area contributed by atoms with Crippen LogP contribution in [0.4, 0.5) is 0 Å². The van der Waals surface area contributed by atoms with Crippen LogP contribution in [0.2, 0.25) is 0 Å². The van der Waals surface area contributed by atoms with E-state index in [9.17, 15) is 0 Å². The van der Waals surface area contributed by atoms with Crippen molar-refractivity contribution in [3.8, 4) is 0 Å². The molecule has 0 saturated carbocycles. The fraction of sp³-hybridized carbons (Fsp3) is 1.00. The third-order valence-corrected chi connectivity index (χ3v) is 3.90. The average Bonchev–Trinajstić information content (AvgIpc) is 2.16. The molecule has 104 valence electrons. The summed E-state index contributed by atoms with van der Waals surface area (Å²) in [5.74, 6) is 0.655. The maximum atomic E-state index is 9.09. The SMILES string of the molecule is CCCC(C)(CCO)OCCC(C)C(C)(C)C. The van der Waals surface area contributed by atoms with Crippen molar-refractivity contribution in [2.24, 2.45) is 11.3 Å². The van der Waals surface area contributed by atoms with Gasteiger partial charge in [-0.1, -0.05) is 41.0 Å². The molecular weight excluding hydrogens is 212 g/mol. The molecule has 0 aliphatic heterocycles. The minimum absolute atomic E-state index is 0.138. The Balaban J connectivity index is 4.06. The summed E-state index contributed by atoms with van der Waals surface area (Å²) in [6.07, 6.45) is 3.96. The molecule has 0 radical (unpaired) electrons. The first-order valence-corrected chi connectivity index (χ1v) is 7.00. The topological polar surface area (TPSA) is 29.5 Å². The van der Waals surface area contributed by atoms with E-state index in [-0.39, 0.29) is 12.2 Å². The normalized spacial score (nSPS) is 17.8. The third-order valence-electron chi connectivity index (χ3n) is 3.90. The Labute approximate surface area is 108 Å². The summed E-state index contributed by atoms with van der Waals surface area (Å²) in [7, 11) is 0. The van der Waals surface area contributed by atoms with E-state index in [0.29, 0.717) is 11.3 Å². The maximum absolute atomic E-state index is 9.09. The zero-order valence-electron chi connectivity index (χ0n) is 12.7. The van der Waals surface area contributed by atoms with Gasteiger partial charge in [-0.05, 0) is 37.5 Å². The van der Waals surface area contributed by atoms with Gasteiger partial charge in [0.05, 0.1) is 5.60 Å². The smallest absolute Gasteiger partial charge is 0.0676 e. The van der Waals surface area contributed by atoms with Gasteiger partial charge in [0.1, 0.15) is 0 Å². The van der Waals surface area contributed by atoms with Crippen LogP contribution in [-0.4, -0.2) is 23.9 Å². The predicted molar refractivity (Wildman–Crippen MR) is 74.2 cm³/mol. The molecule has 0 aliphatic carbocycles. The molecule has 2 unspecified atom stereocenters. The van der Waals surface area contributed by atoms with Crippen molar-refractivity contribution in [3.05, 3.63) is 0 Å². The lowest BCUT2D eigenvalue weighted by Gasteiger charge is -2.32. The summed E-state index contributed by atoms with van der Waals surface area (Å²) in [6.45, 7) is 14.4. The monoisotopic (exact) mass is 244 g/mol. The maximum Gasteiger partial charge on any atom is 0.0676 e. The van der Waals surface area contributed by atoms with Gasteiger partial charge < -0.3 is 9.84 Å². The molecule has 0 bridgehead atoms. The molecule has 0 aromatic heterocycles. The second-order valence-corrected chi connectivity index (χ2v) is 6.58. The first kappa shape index (κ1) is 16.9. The molecule has 2 atom stereocenters. The Morgan fingerprint density at radius 2 is 1.71 bits per heavy atom. The Hall–Kier alpha value is -0.0800. The van der Waals surface area contributed by atoms with Gasteiger partial charge in [-0.25, -0.2) is 0 Å². The summed E-state index contributed by atoms with van der Waals surface area (Å²) in [4.78, 5) is 0. The molecule has 0 aliphatic rings. The molecule has 0 saturated heterocycles. The molecule has 0 fully saturated rings. The van der Waals surface area contributed by atoms with Gasteiger partial charge in [0.25, 0.3) is 0 Å². The van der Waals surface area contributed by atoms with Crippen LogP contribution in [0.3, 0.4) is 0 Å². The van der Waals surface area contributed by atoms with Crippen LogP contribution in [-0.2, 0) is 4.74 Å². The van der Waals surface area contributed by atoms with Gasteiger partial charge in [0.15, 0.2) is 0 Å². The molecule has 2 heteroatoms. The summed E-state index contributed by atoms with van der Waals surface area (Å²) >= 11 is 0. The van der Waals surface area contributed by atoms with Crippen LogP contribution in [0, 0.1) is 11.3 Å². The van der Waals surface area contributed by atoms with E-state index in [1.54, 1.807) is 0 Å². The second kappa shape index (κ2) is 7.38. The Morgan fingerprint density at radius 3 is 2.12 bits per heavy atom. The lowest BCUT2D eigenvalue weighted by Crippen LogP contribution is -2.31. The molecule has 0 aromatic rings. The first-order chi connectivity index (χ1) is 7.75. The molecule has 2 nitrogen and oxygen atoms in total. The highest BCUT2D eigenvalue weighted by molar-refractivity contribution is 4.75. The first-order valence-electron chi connectivity index (χ1n) is 7.00. The molecule has 0 spiro atoms. The van der Waals surface area contributed by atoms with Gasteiger partial charge in [-0.2, -0.15) is 0 Å². The summed E-state index contributed by atoms with van der Waals surface area (Å²) in [5.41, 5.74) is 0.211. The summed E-state index contributed by atoms with van der Waals surface area (Å²) < 4.78 is 6.02. The zero-order chi connectivity index (χ0) is 13.5. The zero-order valence-corrected chi connectivity index (χ0v) is 12.7. The van der Waals surface area contributed by atoms with E-state index in [1.165, 1.54) is 0 Å². The number of ether oxygens (including phenoxy) is 1. The van der Waals surface area contributed by atoms with Crippen LogP contribution < -0.4 is 0 Å². The van der Waals surface area contributed by atoms with E-state index in [1.807, 2.05) is 0 Å². The quantitative estimate of drug-likeness (QED) is 0.699. The van der Waals surface area contributed by atoms with Crippen molar-refractivity contribution in [2.75, 3.05) is 13.2 Å². The van der Waals surface area contributed by atoms with Crippen molar-refractivity contribution in [1.29, 1.82) is 0 Å². The fourth-order valence-corrected chi connectivity index (χ4v) is 1.95. The fourth-order valence-electron chi connectivity index (χ4n) is 1.95. The molecular formula is C15H32O2. The van der Waals surface area contributed by atoms with E-state index in [0.717, 1.165) is 32.3 Å². The Morgan fingerprint density at radius 1 is 1.12 bits per heavy atom. The lowest BCUT2D eigenvalue weighted by molar-refractivity contribution is -0.0597. The molecule has 0 rings (SSSR count). The van der Waals surface area contributed by atoms with E-state index < -0.39 is 0 Å². The van der Waals surface area contributed by atoms with Crippen LogP contribution in [0.25, 0.3) is 0 Å². The largest absolute Gasteiger partial charge is 0.396 e. The molecule has 0 aromatic carbocycles. The summed E-state index contributed by atoms with van der Waals surface area (Å²) in [6, 6.07) is 0. The van der Waals surface area contributed by atoms with E-state index >= 15 is 0 Å². The number of hydrogen-bond donors (Lipinski definition) is 1. The number of rotatable bonds is 8. The molecule has 0 amide bonds. The number of aliphatic hydroxyl groups is 1. The predicted octanol–water partition coefficient (Wildman–Crippen LogP) is 4.02. The van der Waals surface area contributed by atoms with E-state index in [4.69, 9.17) is 9.84 Å². The number of hydrogen-bond acceptors (Lipinski definition) is 2. The third kappa shape index (κ3) is 7.05. The van der Waals surface area contributed by atoms with Crippen LogP contribution in [0.5, 0.6) is 0 Å². The standard InChI is InChI=1S/C15H32O2/c1-7-9-15(6,10-11-16)17-12-8-13(2)14(3,4)5/h13,16H,7-12H2,1-6H3. The highest BCUT2D eigenvalue weighted by Gasteiger charge is 2.25. The van der Waals surface area contributed by atoms with Crippen LogP contribution in [0.15, 0.2) is 0 Å². The van der Waals surface area contributed by atoms with Crippen molar-refractivity contribution in [2.45, 2.75) is 72.8 Å². The van der Waals surface area contributed by atoms with Crippen molar-refractivity contribution >= 4 is 0 Å². The number of aliphatic hydroxyl groups excluding tert-OH is 1. The van der Waals surface area contributed by atoms with Gasteiger partial charge in [-0.3, -0.25) is 0 Å². The van der Waals surface area contributed by atoms with Gasteiger partial charge in [-0.15, -0.1) is 0 Å².